The molecule has 1 fully saturated rings. The summed E-state index contributed by atoms with van der Waals surface area (Å²) in [4.78, 5) is 55.5. The number of ether oxygens (including phenoxy) is 2. The van der Waals surface area contributed by atoms with E-state index in [1.165, 1.54) is 19.2 Å². The van der Waals surface area contributed by atoms with Crippen LogP contribution in [-0.4, -0.2) is 77.4 Å². The van der Waals surface area contributed by atoms with E-state index in [-0.39, 0.29) is 53.5 Å². The number of piperidine rings is 1. The lowest BCUT2D eigenvalue weighted by molar-refractivity contribution is -0.121. The van der Waals surface area contributed by atoms with Crippen molar-refractivity contribution in [1.82, 2.24) is 20.5 Å². The molecule has 326 valence electrons. The summed E-state index contributed by atoms with van der Waals surface area (Å²) in [6.07, 6.45) is -0.0277. The van der Waals surface area contributed by atoms with Crippen molar-refractivity contribution in [3.05, 3.63) is 153 Å². The number of H-pyrrole nitrogens is 1. The third-order valence-electron chi connectivity index (χ3n) is 10.9. The predicted octanol–water partition coefficient (Wildman–Crippen LogP) is 7.36. The van der Waals surface area contributed by atoms with Gasteiger partial charge in [-0.1, -0.05) is 78.3 Å². The maximum absolute atomic E-state index is 13.4. The lowest BCUT2D eigenvalue weighted by atomic mass is 10.0. The summed E-state index contributed by atoms with van der Waals surface area (Å²) < 4.78 is 11.4. The van der Waals surface area contributed by atoms with Gasteiger partial charge in [-0.25, -0.2) is 4.79 Å². The number of aromatic nitrogens is 1. The van der Waals surface area contributed by atoms with Gasteiger partial charge in [0.1, 0.15) is 17.6 Å². The number of carbonyl (C=O) groups excluding carboxylic acids is 3. The van der Waals surface area contributed by atoms with Crippen LogP contribution in [-0.2, 0) is 22.6 Å². The molecule has 1 saturated heterocycles. The Labute approximate surface area is 369 Å². The van der Waals surface area contributed by atoms with Crippen LogP contribution in [0.5, 0.6) is 11.5 Å². The van der Waals surface area contributed by atoms with Gasteiger partial charge in [-0.05, 0) is 65.9 Å². The van der Waals surface area contributed by atoms with Gasteiger partial charge in [0.05, 0.1) is 35.1 Å². The van der Waals surface area contributed by atoms with Crippen molar-refractivity contribution in [2.24, 2.45) is 0 Å². The summed E-state index contributed by atoms with van der Waals surface area (Å²) >= 11 is 6.63. The largest absolute Gasteiger partial charge is 0.506 e. The van der Waals surface area contributed by atoms with Gasteiger partial charge in [0.15, 0.2) is 0 Å². The Kier molecular flexibility index (Phi) is 14.7. The number of benzene rings is 5. The van der Waals surface area contributed by atoms with Crippen LogP contribution in [0.1, 0.15) is 52.4 Å². The minimum absolute atomic E-state index is 0.0927. The number of phenols is 1. The van der Waals surface area contributed by atoms with Gasteiger partial charge >= 0.3 is 6.09 Å². The summed E-state index contributed by atoms with van der Waals surface area (Å²) in [6.45, 7) is 2.63. The number of phenolic OH excluding ortho intramolecular Hbond substituents is 1. The number of aromatic amines is 1. The number of amides is 3. The highest BCUT2D eigenvalue weighted by molar-refractivity contribution is 6.34. The number of nitrogens with one attached hydrogen (secondary N) is 5. The molecule has 1 atom stereocenters. The van der Waals surface area contributed by atoms with Gasteiger partial charge in [0.25, 0.3) is 5.91 Å². The Balaban J connectivity index is 0.836. The highest BCUT2D eigenvalue weighted by Gasteiger charge is 2.23. The summed E-state index contributed by atoms with van der Waals surface area (Å²) in [6, 6.07) is 33.6. The monoisotopic (exact) mass is 872 g/mol. The standard InChI is InChI=1S/C48H49ClN6O8/c1-62-43-26-40(38(49)25-33(43)28-50-29-42(57)36-14-16-41(56)46-37(36)15-17-45(59)54-46)52-47(60)32-11-7-8-30(24-32)27-51-44(58)20-23-55-21-18-34(19-22-55)63-48(61)53-39-13-6-5-12-35(39)31-9-3-2-4-10-31/h2-17,24-26,34,42,50,56-57H,18-23,27-29H2,1H3,(H,51,58)(H,52,60)(H,53,61)(H,54,59)/t42-/m0/s1. The SMILES string of the molecule is COc1cc(NC(=O)c2cccc(CNC(=O)CCN3CCC(OC(=O)Nc4ccccc4-c4ccccc4)CC3)c2)c(Cl)cc1CNC[C@H](O)c1ccc(O)c2[nH]c(=O)ccc12. The molecule has 63 heavy (non-hydrogen) atoms. The van der Waals surface area contributed by atoms with Crippen LogP contribution in [0.4, 0.5) is 16.2 Å². The van der Waals surface area contributed by atoms with E-state index in [1.807, 2.05) is 60.7 Å². The minimum atomic E-state index is -0.961. The molecule has 1 aliphatic heterocycles. The second kappa shape index (κ2) is 20.9. The number of aliphatic hydroxyl groups is 1. The molecular weight excluding hydrogens is 824 g/mol. The van der Waals surface area contributed by atoms with E-state index >= 15 is 0 Å². The molecule has 2 heterocycles. The van der Waals surface area contributed by atoms with Crippen LogP contribution in [0.2, 0.25) is 5.02 Å². The number of aromatic hydroxyl groups is 1. The molecule has 14 nitrogen and oxygen atoms in total. The number of para-hydroxylation sites is 1. The van der Waals surface area contributed by atoms with Crippen LogP contribution in [0.15, 0.2) is 120 Å². The van der Waals surface area contributed by atoms with Crippen molar-refractivity contribution >= 4 is 51.8 Å². The van der Waals surface area contributed by atoms with Gasteiger partial charge in [-0.2, -0.15) is 0 Å². The zero-order valence-electron chi connectivity index (χ0n) is 34.7. The van der Waals surface area contributed by atoms with Crippen LogP contribution < -0.4 is 31.6 Å². The lowest BCUT2D eigenvalue weighted by Crippen LogP contribution is -2.40. The third kappa shape index (κ3) is 11.6. The second-order valence-corrected chi connectivity index (χ2v) is 15.6. The molecule has 1 aliphatic rings. The average Bonchev–Trinajstić information content (AvgIpc) is 3.29. The quantitative estimate of drug-likeness (QED) is 0.0517. The maximum atomic E-state index is 13.4. The molecule has 3 amide bonds. The number of carbonyl (C=O) groups is 3. The molecule has 7 N–H and O–H groups in total. The molecule has 0 bridgehead atoms. The Bertz CT molecular complexity index is 2630. The molecule has 15 heteroatoms. The van der Waals surface area contributed by atoms with Crippen molar-refractivity contribution in [2.75, 3.05) is 43.9 Å². The number of halogens is 1. The molecule has 1 aromatic heterocycles. The topological polar surface area (TPSA) is 194 Å². The lowest BCUT2D eigenvalue weighted by Gasteiger charge is -2.31. The predicted molar refractivity (Wildman–Crippen MR) is 243 cm³/mol. The molecule has 0 unspecified atom stereocenters. The number of aliphatic hydroxyl groups excluding tert-OH is 1. The molecule has 6 aromatic rings. The Morgan fingerprint density at radius 3 is 2.44 bits per heavy atom. The number of hydrogen-bond acceptors (Lipinski definition) is 10. The third-order valence-corrected chi connectivity index (χ3v) is 11.2. The number of pyridine rings is 1. The van der Waals surface area contributed by atoms with E-state index in [0.29, 0.717) is 78.1 Å². The van der Waals surface area contributed by atoms with E-state index in [0.717, 1.165) is 16.7 Å². The Morgan fingerprint density at radius 2 is 1.65 bits per heavy atom. The number of nitrogens with zero attached hydrogens (tertiary/aromatic N) is 1. The molecule has 0 spiro atoms. The van der Waals surface area contributed by atoms with Crippen LogP contribution in [0.25, 0.3) is 22.0 Å². The number of fused-ring (bicyclic) bond motifs is 1. The molecule has 0 saturated carbocycles. The van der Waals surface area contributed by atoms with Gasteiger partial charge < -0.3 is 45.5 Å². The summed E-state index contributed by atoms with van der Waals surface area (Å²) in [5, 5.41) is 33.8. The fourth-order valence-corrected chi connectivity index (χ4v) is 7.82. The zero-order chi connectivity index (χ0) is 44.3. The van der Waals surface area contributed by atoms with E-state index in [9.17, 15) is 29.4 Å². The van der Waals surface area contributed by atoms with E-state index < -0.39 is 18.1 Å². The van der Waals surface area contributed by atoms with Gasteiger partial charge in [-0.15, -0.1) is 0 Å². The highest BCUT2D eigenvalue weighted by atomic mass is 35.5. The average molecular weight is 873 g/mol. The first kappa shape index (κ1) is 44.3. The number of anilines is 2. The van der Waals surface area contributed by atoms with Gasteiger partial charge in [-0.3, -0.25) is 19.7 Å². The van der Waals surface area contributed by atoms with Crippen molar-refractivity contribution in [3.63, 3.8) is 0 Å². The van der Waals surface area contributed by atoms with Crippen LogP contribution >= 0.6 is 11.6 Å². The van der Waals surface area contributed by atoms with Gasteiger partial charge in [0, 0.05) is 79.9 Å². The maximum Gasteiger partial charge on any atom is 0.411 e. The summed E-state index contributed by atoms with van der Waals surface area (Å²) in [7, 11) is 1.50. The fraction of sp³-hybridized carbons (Fsp3) is 0.250. The molecule has 7 rings (SSSR count). The van der Waals surface area contributed by atoms with Gasteiger partial charge in [0.2, 0.25) is 11.5 Å². The second-order valence-electron chi connectivity index (χ2n) is 15.2. The van der Waals surface area contributed by atoms with E-state index in [2.05, 4.69) is 31.2 Å². The first-order chi connectivity index (χ1) is 30.5. The highest BCUT2D eigenvalue weighted by Crippen LogP contribution is 2.33. The van der Waals surface area contributed by atoms with Crippen molar-refractivity contribution in [3.8, 4) is 22.6 Å². The first-order valence-corrected chi connectivity index (χ1v) is 21.0. The zero-order valence-corrected chi connectivity index (χ0v) is 35.4. The van der Waals surface area contributed by atoms with Crippen molar-refractivity contribution in [2.45, 2.75) is 44.6 Å². The Hall–Kier alpha value is -6.71. The molecule has 0 radical (unpaired) electrons. The fourth-order valence-electron chi connectivity index (χ4n) is 7.59. The summed E-state index contributed by atoms with van der Waals surface area (Å²) in [5.41, 5.74) is 5.17. The van der Waals surface area contributed by atoms with Crippen molar-refractivity contribution < 1.29 is 34.1 Å². The number of methoxy groups -OCH3 is 1. The number of likely N-dealkylation sites (tertiary alicyclic amines) is 1. The van der Waals surface area contributed by atoms with E-state index in [4.69, 9.17) is 21.1 Å². The van der Waals surface area contributed by atoms with Crippen LogP contribution in [0.3, 0.4) is 0 Å². The normalized spacial score (nSPS) is 13.6. The molecule has 0 aliphatic carbocycles. The first-order valence-electron chi connectivity index (χ1n) is 20.7. The van der Waals surface area contributed by atoms with Crippen LogP contribution in [0, 0.1) is 0 Å². The smallest absolute Gasteiger partial charge is 0.411 e. The van der Waals surface area contributed by atoms with Crippen molar-refractivity contribution in [1.29, 1.82) is 0 Å². The minimum Gasteiger partial charge on any atom is -0.506 e. The number of rotatable bonds is 16. The summed E-state index contributed by atoms with van der Waals surface area (Å²) in [5.74, 6) is -0.146. The molecular formula is C48H49ClN6O8. The Morgan fingerprint density at radius 1 is 0.873 bits per heavy atom. The van der Waals surface area contributed by atoms with E-state index in [1.54, 1.807) is 42.5 Å². The molecule has 5 aromatic carbocycles. The number of hydrogen-bond donors (Lipinski definition) is 7.